The number of nitrogens with two attached hydrogens (primary N) is 1. The van der Waals surface area contributed by atoms with Gasteiger partial charge in [-0.05, 0) is 36.0 Å². The average molecular weight is 153 g/mol. The first-order valence-corrected chi connectivity index (χ1v) is 4.72. The summed E-state index contributed by atoms with van der Waals surface area (Å²) in [6.45, 7) is 7.05. The Kier molecular flexibility index (Phi) is 1.26. The van der Waals surface area contributed by atoms with Crippen LogP contribution in [0.25, 0.3) is 0 Å². The zero-order chi connectivity index (χ0) is 8.28. The normalized spacial score (nSPS) is 53.5. The minimum atomic E-state index is 0.410. The van der Waals surface area contributed by atoms with Crippen LogP contribution in [-0.2, 0) is 0 Å². The number of hydrogen-bond acceptors (Lipinski definition) is 1. The molecule has 0 saturated heterocycles. The molecule has 2 saturated carbocycles. The molecule has 2 aliphatic carbocycles. The van der Waals surface area contributed by atoms with Crippen LogP contribution in [0.4, 0.5) is 0 Å². The molecule has 2 N–H and O–H groups in total. The van der Waals surface area contributed by atoms with Gasteiger partial charge in [-0.25, -0.2) is 0 Å². The maximum atomic E-state index is 6.23. The Balaban J connectivity index is 2.34. The first kappa shape index (κ1) is 7.60. The third kappa shape index (κ3) is 0.752. The fourth-order valence-corrected chi connectivity index (χ4v) is 3.34. The molecule has 2 rings (SSSR count). The van der Waals surface area contributed by atoms with Crippen molar-refractivity contribution < 1.29 is 0 Å². The van der Waals surface area contributed by atoms with Gasteiger partial charge in [0, 0.05) is 6.04 Å². The van der Waals surface area contributed by atoms with Crippen LogP contribution in [0.15, 0.2) is 0 Å². The second-order valence-corrected chi connectivity index (χ2v) is 5.39. The van der Waals surface area contributed by atoms with Gasteiger partial charge in [0.1, 0.15) is 0 Å². The van der Waals surface area contributed by atoms with Crippen LogP contribution in [0.1, 0.15) is 40.0 Å². The summed E-state index contributed by atoms with van der Waals surface area (Å²) in [5.74, 6) is 0.905. The lowest BCUT2D eigenvalue weighted by atomic mass is 9.69. The topological polar surface area (TPSA) is 26.0 Å². The molecule has 0 spiro atoms. The van der Waals surface area contributed by atoms with E-state index in [4.69, 9.17) is 5.73 Å². The van der Waals surface area contributed by atoms with Gasteiger partial charge in [0.05, 0.1) is 0 Å². The number of fused-ring (bicyclic) bond motifs is 2. The summed E-state index contributed by atoms with van der Waals surface area (Å²) < 4.78 is 0. The van der Waals surface area contributed by atoms with Crippen LogP contribution in [0, 0.1) is 16.7 Å². The Morgan fingerprint density at radius 2 is 1.91 bits per heavy atom. The van der Waals surface area contributed by atoms with E-state index < -0.39 is 0 Å². The lowest BCUT2D eigenvalue weighted by Gasteiger charge is -2.40. The van der Waals surface area contributed by atoms with E-state index in [1.54, 1.807) is 0 Å². The van der Waals surface area contributed by atoms with Crippen LogP contribution < -0.4 is 5.73 Å². The van der Waals surface area contributed by atoms with Gasteiger partial charge < -0.3 is 5.73 Å². The number of rotatable bonds is 0. The molecule has 0 aromatic heterocycles. The molecule has 2 unspecified atom stereocenters. The highest BCUT2D eigenvalue weighted by molar-refractivity contribution is 5.10. The molecule has 0 aromatic carbocycles. The van der Waals surface area contributed by atoms with Gasteiger partial charge in [0.15, 0.2) is 0 Å². The van der Waals surface area contributed by atoms with Gasteiger partial charge in [-0.2, -0.15) is 0 Å². The predicted octanol–water partition coefficient (Wildman–Crippen LogP) is 2.16. The van der Waals surface area contributed by atoms with E-state index in [1.165, 1.54) is 19.3 Å². The van der Waals surface area contributed by atoms with Crippen molar-refractivity contribution in [1.29, 1.82) is 0 Å². The van der Waals surface area contributed by atoms with Crippen molar-refractivity contribution in [2.24, 2.45) is 22.5 Å². The Morgan fingerprint density at radius 1 is 1.27 bits per heavy atom. The molecule has 0 aromatic rings. The predicted molar refractivity (Wildman–Crippen MR) is 47.2 cm³/mol. The monoisotopic (exact) mass is 153 g/mol. The van der Waals surface area contributed by atoms with E-state index >= 15 is 0 Å². The van der Waals surface area contributed by atoms with Crippen LogP contribution in [0.3, 0.4) is 0 Å². The second kappa shape index (κ2) is 1.82. The molecule has 64 valence electrons. The molecule has 0 radical (unpaired) electrons. The van der Waals surface area contributed by atoms with Gasteiger partial charge in [-0.3, -0.25) is 0 Å². The SMILES string of the molecule is CC12CC[C@H](C1)C(C)(C)C2N. The molecular formula is C10H19N. The van der Waals surface area contributed by atoms with Gasteiger partial charge in [-0.1, -0.05) is 20.8 Å². The Bertz CT molecular complexity index is 181. The van der Waals surface area contributed by atoms with Gasteiger partial charge in [0.2, 0.25) is 0 Å². The summed E-state index contributed by atoms with van der Waals surface area (Å²) in [5.41, 5.74) is 7.12. The van der Waals surface area contributed by atoms with E-state index in [0.29, 0.717) is 16.9 Å². The molecule has 2 bridgehead atoms. The summed E-state index contributed by atoms with van der Waals surface area (Å²) in [6, 6.07) is 0.439. The minimum absolute atomic E-state index is 0.410. The van der Waals surface area contributed by atoms with E-state index in [1.807, 2.05) is 0 Å². The maximum absolute atomic E-state index is 6.23. The van der Waals surface area contributed by atoms with E-state index in [9.17, 15) is 0 Å². The average Bonchev–Trinajstić information content (AvgIpc) is 2.36. The first-order valence-electron chi connectivity index (χ1n) is 4.72. The first-order chi connectivity index (χ1) is 4.97. The third-order valence-electron chi connectivity index (χ3n) is 4.38. The molecule has 1 nitrogen and oxygen atoms in total. The zero-order valence-corrected chi connectivity index (χ0v) is 7.85. The molecule has 0 amide bonds. The molecule has 2 aliphatic rings. The van der Waals surface area contributed by atoms with Crippen molar-refractivity contribution in [3.05, 3.63) is 0 Å². The molecule has 0 aliphatic heterocycles. The lowest BCUT2D eigenvalue weighted by molar-refractivity contribution is 0.141. The summed E-state index contributed by atoms with van der Waals surface area (Å²) >= 11 is 0. The summed E-state index contributed by atoms with van der Waals surface area (Å²) in [4.78, 5) is 0. The van der Waals surface area contributed by atoms with E-state index in [2.05, 4.69) is 20.8 Å². The number of hydrogen-bond donors (Lipinski definition) is 1. The summed E-state index contributed by atoms with van der Waals surface area (Å²) in [6.07, 6.45) is 4.15. The van der Waals surface area contributed by atoms with Crippen LogP contribution in [-0.4, -0.2) is 6.04 Å². The van der Waals surface area contributed by atoms with Crippen molar-refractivity contribution in [1.82, 2.24) is 0 Å². The minimum Gasteiger partial charge on any atom is -0.327 e. The van der Waals surface area contributed by atoms with Gasteiger partial charge in [-0.15, -0.1) is 0 Å². The van der Waals surface area contributed by atoms with Crippen LogP contribution >= 0.6 is 0 Å². The van der Waals surface area contributed by atoms with Crippen molar-refractivity contribution >= 4 is 0 Å². The zero-order valence-electron chi connectivity index (χ0n) is 7.85. The quantitative estimate of drug-likeness (QED) is 0.567. The highest BCUT2D eigenvalue weighted by Crippen LogP contribution is 2.61. The summed E-state index contributed by atoms with van der Waals surface area (Å²) in [7, 11) is 0. The maximum Gasteiger partial charge on any atom is 0.0147 e. The highest BCUT2D eigenvalue weighted by atomic mass is 14.8. The van der Waals surface area contributed by atoms with Crippen LogP contribution in [0.5, 0.6) is 0 Å². The largest absolute Gasteiger partial charge is 0.327 e. The lowest BCUT2D eigenvalue weighted by Crippen LogP contribution is -2.46. The second-order valence-electron chi connectivity index (χ2n) is 5.39. The smallest absolute Gasteiger partial charge is 0.0147 e. The van der Waals surface area contributed by atoms with Gasteiger partial charge >= 0.3 is 0 Å². The van der Waals surface area contributed by atoms with Crippen molar-refractivity contribution in [2.45, 2.75) is 46.1 Å². The van der Waals surface area contributed by atoms with Gasteiger partial charge in [0.25, 0.3) is 0 Å². The Morgan fingerprint density at radius 3 is 2.18 bits per heavy atom. The third-order valence-corrected chi connectivity index (χ3v) is 4.38. The fraction of sp³-hybridized carbons (Fsp3) is 1.00. The Hall–Kier alpha value is -0.0400. The molecule has 1 heteroatoms. The Labute approximate surface area is 69.4 Å². The highest BCUT2D eigenvalue weighted by Gasteiger charge is 2.57. The van der Waals surface area contributed by atoms with Crippen molar-refractivity contribution in [2.75, 3.05) is 0 Å². The fourth-order valence-electron chi connectivity index (χ4n) is 3.34. The molecule has 11 heavy (non-hydrogen) atoms. The molecule has 0 heterocycles. The van der Waals surface area contributed by atoms with E-state index in [0.717, 1.165) is 5.92 Å². The molecular weight excluding hydrogens is 134 g/mol. The van der Waals surface area contributed by atoms with Crippen molar-refractivity contribution in [3.63, 3.8) is 0 Å². The molecule has 2 fully saturated rings. The van der Waals surface area contributed by atoms with Crippen LogP contribution in [0.2, 0.25) is 0 Å². The van der Waals surface area contributed by atoms with Crippen molar-refractivity contribution in [3.8, 4) is 0 Å². The summed E-state index contributed by atoms with van der Waals surface area (Å²) in [5, 5.41) is 0. The standard InChI is InChI=1S/C10H19N/c1-9(2)7-4-5-10(3,6-7)8(9)11/h7-8H,4-6,11H2,1-3H3/t7-,8?,10?/m1/s1. The van der Waals surface area contributed by atoms with E-state index in [-0.39, 0.29) is 0 Å². The molecule has 3 atom stereocenters.